The third-order valence-corrected chi connectivity index (χ3v) is 2.77. The van der Waals surface area contributed by atoms with Gasteiger partial charge in [0.1, 0.15) is 5.75 Å². The normalized spacial score (nSPS) is 10.8. The fourth-order valence-electron chi connectivity index (χ4n) is 1.75. The van der Waals surface area contributed by atoms with Gasteiger partial charge < -0.3 is 24.8 Å². The molecule has 23 heavy (non-hydrogen) atoms. The monoisotopic (exact) mass is 437 g/mol. The molecule has 1 aromatic rings. The van der Waals surface area contributed by atoms with Gasteiger partial charge in [0.05, 0.1) is 19.8 Å². The fraction of sp³-hybridized carbons (Fsp3) is 0.562. The number of halogens is 1. The number of nitrogens with zero attached hydrogens (tertiary/aromatic N) is 1. The summed E-state index contributed by atoms with van der Waals surface area (Å²) in [6.45, 7) is 5.38. The van der Waals surface area contributed by atoms with E-state index in [9.17, 15) is 0 Å². The highest BCUT2D eigenvalue weighted by molar-refractivity contribution is 14.0. The smallest absolute Gasteiger partial charge is 0.195 e. The minimum Gasteiger partial charge on any atom is -0.493 e. The average molecular weight is 437 g/mol. The lowest BCUT2D eigenvalue weighted by atomic mass is 10.3. The van der Waals surface area contributed by atoms with Gasteiger partial charge in [-0.15, -0.1) is 24.0 Å². The second-order valence-corrected chi connectivity index (χ2v) is 4.60. The Morgan fingerprint density at radius 2 is 1.91 bits per heavy atom. The van der Waals surface area contributed by atoms with Crippen molar-refractivity contribution in [2.24, 2.45) is 4.99 Å². The van der Waals surface area contributed by atoms with Crippen molar-refractivity contribution in [2.45, 2.75) is 13.3 Å². The van der Waals surface area contributed by atoms with Crippen LogP contribution in [0.5, 0.6) is 5.75 Å². The Labute approximate surface area is 156 Å². The zero-order valence-corrected chi connectivity index (χ0v) is 16.5. The number of hydrogen-bond acceptors (Lipinski definition) is 4. The summed E-state index contributed by atoms with van der Waals surface area (Å²) in [5, 5.41) is 6.45. The predicted molar refractivity (Wildman–Crippen MR) is 105 cm³/mol. The van der Waals surface area contributed by atoms with Crippen molar-refractivity contribution in [1.82, 2.24) is 5.32 Å². The summed E-state index contributed by atoms with van der Waals surface area (Å²) < 4.78 is 15.7. The van der Waals surface area contributed by atoms with Gasteiger partial charge in [-0.05, 0) is 19.1 Å². The summed E-state index contributed by atoms with van der Waals surface area (Å²) in [6.07, 6.45) is 0.870. The van der Waals surface area contributed by atoms with Crippen molar-refractivity contribution in [2.75, 3.05) is 52.4 Å². The second-order valence-electron chi connectivity index (χ2n) is 4.60. The van der Waals surface area contributed by atoms with Crippen LogP contribution in [0.4, 0.5) is 5.69 Å². The second kappa shape index (κ2) is 14.5. The molecule has 1 aromatic carbocycles. The topological polar surface area (TPSA) is 64.1 Å². The maximum atomic E-state index is 5.69. The zero-order chi connectivity index (χ0) is 16.0. The molecule has 0 spiro atoms. The van der Waals surface area contributed by atoms with Crippen LogP contribution in [0.3, 0.4) is 0 Å². The largest absolute Gasteiger partial charge is 0.493 e. The first-order valence-electron chi connectivity index (χ1n) is 7.56. The number of benzene rings is 1. The molecule has 0 fully saturated rings. The summed E-state index contributed by atoms with van der Waals surface area (Å²) >= 11 is 0. The van der Waals surface area contributed by atoms with Crippen LogP contribution in [0.15, 0.2) is 29.3 Å². The molecule has 0 aliphatic carbocycles. The van der Waals surface area contributed by atoms with Gasteiger partial charge >= 0.3 is 0 Å². The maximum absolute atomic E-state index is 5.69. The van der Waals surface area contributed by atoms with Gasteiger partial charge in [-0.1, -0.05) is 6.07 Å². The maximum Gasteiger partial charge on any atom is 0.195 e. The van der Waals surface area contributed by atoms with Gasteiger partial charge in [-0.2, -0.15) is 0 Å². The highest BCUT2D eigenvalue weighted by Crippen LogP contribution is 2.17. The van der Waals surface area contributed by atoms with Crippen LogP contribution in [0.25, 0.3) is 0 Å². The van der Waals surface area contributed by atoms with Crippen LogP contribution in [-0.4, -0.2) is 53.1 Å². The Morgan fingerprint density at radius 3 is 2.61 bits per heavy atom. The number of guanidine groups is 1. The lowest BCUT2D eigenvalue weighted by Crippen LogP contribution is -2.31. The molecule has 0 unspecified atom stereocenters. The lowest BCUT2D eigenvalue weighted by molar-refractivity contribution is 0.172. The SMILES string of the molecule is CCNC(=NCCOC)Nc1cccc(OCCCOC)c1.I. The zero-order valence-electron chi connectivity index (χ0n) is 14.1. The molecule has 0 aliphatic heterocycles. The molecular formula is C16H28IN3O3. The minimum atomic E-state index is 0. The molecule has 0 saturated heterocycles. The Bertz CT molecular complexity index is 444. The van der Waals surface area contributed by atoms with Crippen LogP contribution in [0.1, 0.15) is 13.3 Å². The fourth-order valence-corrected chi connectivity index (χ4v) is 1.75. The third kappa shape index (κ3) is 10.4. The summed E-state index contributed by atoms with van der Waals surface area (Å²) in [7, 11) is 3.36. The van der Waals surface area contributed by atoms with Crippen molar-refractivity contribution >= 4 is 35.6 Å². The molecule has 2 N–H and O–H groups in total. The Morgan fingerprint density at radius 1 is 1.13 bits per heavy atom. The number of aliphatic imine (C=N–C) groups is 1. The molecule has 0 amide bonds. The highest BCUT2D eigenvalue weighted by Gasteiger charge is 2.01. The Hall–Kier alpha value is -1.06. The van der Waals surface area contributed by atoms with Gasteiger partial charge in [0.2, 0.25) is 0 Å². The predicted octanol–water partition coefficient (Wildman–Crippen LogP) is 2.74. The highest BCUT2D eigenvalue weighted by atomic mass is 127. The van der Waals surface area contributed by atoms with E-state index in [-0.39, 0.29) is 24.0 Å². The molecule has 0 radical (unpaired) electrons. The van der Waals surface area contributed by atoms with Crippen LogP contribution in [0, 0.1) is 0 Å². The quantitative estimate of drug-likeness (QED) is 0.255. The van der Waals surface area contributed by atoms with E-state index in [2.05, 4.69) is 15.6 Å². The standard InChI is InChI=1S/C16H27N3O3.HI/c1-4-17-16(18-9-12-21-3)19-14-7-5-8-15(13-14)22-11-6-10-20-2;/h5,7-8,13H,4,6,9-12H2,1-3H3,(H2,17,18,19);1H. The molecule has 0 aliphatic rings. The first kappa shape index (κ1) is 21.9. The van der Waals surface area contributed by atoms with Crippen LogP contribution in [0.2, 0.25) is 0 Å². The number of methoxy groups -OCH3 is 2. The van der Waals surface area contributed by atoms with Gasteiger partial charge in [0.15, 0.2) is 5.96 Å². The van der Waals surface area contributed by atoms with Gasteiger partial charge in [-0.3, -0.25) is 4.99 Å². The van der Waals surface area contributed by atoms with E-state index in [1.54, 1.807) is 14.2 Å². The van der Waals surface area contributed by atoms with Gasteiger partial charge in [-0.25, -0.2) is 0 Å². The molecular weight excluding hydrogens is 409 g/mol. The summed E-state index contributed by atoms with van der Waals surface area (Å²) in [6, 6.07) is 7.82. The molecule has 0 aromatic heterocycles. The van der Waals surface area contributed by atoms with Crippen molar-refractivity contribution in [3.05, 3.63) is 24.3 Å². The molecule has 0 heterocycles. The third-order valence-electron chi connectivity index (χ3n) is 2.77. The van der Waals surface area contributed by atoms with Crippen LogP contribution < -0.4 is 15.4 Å². The Kier molecular flexibility index (Phi) is 13.9. The number of anilines is 1. The lowest BCUT2D eigenvalue weighted by Gasteiger charge is -2.12. The molecule has 132 valence electrons. The number of ether oxygens (including phenoxy) is 3. The summed E-state index contributed by atoms with van der Waals surface area (Å²) in [4.78, 5) is 4.43. The average Bonchev–Trinajstić information content (AvgIpc) is 2.52. The first-order valence-corrected chi connectivity index (χ1v) is 7.56. The summed E-state index contributed by atoms with van der Waals surface area (Å²) in [5.74, 6) is 1.56. The molecule has 0 atom stereocenters. The van der Waals surface area contributed by atoms with E-state index < -0.39 is 0 Å². The van der Waals surface area contributed by atoms with Crippen molar-refractivity contribution in [1.29, 1.82) is 0 Å². The molecule has 7 heteroatoms. The minimum absolute atomic E-state index is 0. The number of hydrogen-bond donors (Lipinski definition) is 2. The van der Waals surface area contributed by atoms with E-state index in [0.717, 1.165) is 30.4 Å². The van der Waals surface area contributed by atoms with Crippen molar-refractivity contribution in [3.8, 4) is 5.75 Å². The number of nitrogens with one attached hydrogen (secondary N) is 2. The molecule has 6 nitrogen and oxygen atoms in total. The van der Waals surface area contributed by atoms with E-state index >= 15 is 0 Å². The van der Waals surface area contributed by atoms with E-state index in [1.165, 1.54) is 0 Å². The van der Waals surface area contributed by atoms with E-state index in [1.807, 2.05) is 31.2 Å². The number of rotatable bonds is 10. The van der Waals surface area contributed by atoms with Crippen LogP contribution >= 0.6 is 24.0 Å². The van der Waals surface area contributed by atoms with E-state index in [4.69, 9.17) is 14.2 Å². The van der Waals surface area contributed by atoms with Crippen LogP contribution in [-0.2, 0) is 9.47 Å². The van der Waals surface area contributed by atoms with Gasteiger partial charge in [0.25, 0.3) is 0 Å². The van der Waals surface area contributed by atoms with Gasteiger partial charge in [0, 0.05) is 45.5 Å². The molecule has 0 bridgehead atoms. The summed E-state index contributed by atoms with van der Waals surface area (Å²) in [5.41, 5.74) is 0.932. The van der Waals surface area contributed by atoms with Crippen molar-refractivity contribution in [3.63, 3.8) is 0 Å². The Balaban J connectivity index is 0.00000484. The van der Waals surface area contributed by atoms with Crippen molar-refractivity contribution < 1.29 is 14.2 Å². The van der Waals surface area contributed by atoms with E-state index in [0.29, 0.717) is 26.4 Å². The first-order chi connectivity index (χ1) is 10.8. The molecule has 1 rings (SSSR count). The molecule has 0 saturated carbocycles.